The first-order valence-electron chi connectivity index (χ1n) is 11.1. The van der Waals surface area contributed by atoms with Crippen LogP contribution in [0.4, 0.5) is 10.1 Å². The molecule has 0 fully saturated rings. The molecular formula is C25H29FN4O4Si. The topological polar surface area (TPSA) is 102 Å². The molecule has 1 unspecified atom stereocenters. The molecule has 3 aromatic rings. The average Bonchev–Trinajstić information content (AvgIpc) is 2.79. The molecule has 1 aromatic heterocycles. The van der Waals surface area contributed by atoms with Crippen LogP contribution in [0.1, 0.15) is 17.2 Å². The highest BCUT2D eigenvalue weighted by atomic mass is 28.3. The summed E-state index contributed by atoms with van der Waals surface area (Å²) in [5.41, 5.74) is 1.31. The van der Waals surface area contributed by atoms with Gasteiger partial charge >= 0.3 is 0 Å². The van der Waals surface area contributed by atoms with Crippen molar-refractivity contribution < 1.29 is 18.7 Å². The molecule has 1 heterocycles. The van der Waals surface area contributed by atoms with Crippen LogP contribution >= 0.6 is 0 Å². The Hall–Kier alpha value is -3.63. The van der Waals surface area contributed by atoms with Crippen molar-refractivity contribution in [3.8, 4) is 0 Å². The molecule has 184 valence electrons. The third-order valence-corrected chi connectivity index (χ3v) is 7.36. The lowest BCUT2D eigenvalue weighted by molar-refractivity contribution is -0.127. The minimum absolute atomic E-state index is 0.285. The summed E-state index contributed by atoms with van der Waals surface area (Å²) in [7, 11) is -0.298. The van der Waals surface area contributed by atoms with E-state index in [1.165, 1.54) is 24.7 Å². The first-order valence-corrected chi connectivity index (χ1v) is 14.6. The third kappa shape index (κ3) is 6.93. The maximum atomic E-state index is 14.7. The number of benzene rings is 2. The summed E-state index contributed by atoms with van der Waals surface area (Å²) in [5, 5.41) is 6.03. The Morgan fingerprint density at radius 1 is 1.11 bits per heavy atom. The predicted molar refractivity (Wildman–Crippen MR) is 135 cm³/mol. The highest BCUT2D eigenvalue weighted by molar-refractivity contribution is 6.88. The quantitative estimate of drug-likeness (QED) is 0.444. The number of nitrogens with zero attached hydrogens (tertiary/aromatic N) is 2. The lowest BCUT2D eigenvalue weighted by Gasteiger charge is -2.21. The normalized spacial score (nSPS) is 12.1. The fraction of sp³-hybridized carbons (Fsp3) is 0.280. The standard InChI is InChI=1S/C25H29FN4O4Si/c1-34-15-17-5-7-18(8-6-17)24(29-22(31)14-30-16-27-12-11-23(30)32)25(33)28-19-9-10-21(20(26)13-19)35(2,3)4/h5-13,16,24H,14-15H2,1-4H3,(H,28,33)(H,29,31). The van der Waals surface area contributed by atoms with Crippen LogP contribution in [-0.2, 0) is 27.5 Å². The van der Waals surface area contributed by atoms with Crippen molar-refractivity contribution in [1.82, 2.24) is 14.9 Å². The van der Waals surface area contributed by atoms with Crippen molar-refractivity contribution >= 4 is 30.8 Å². The SMILES string of the molecule is COCc1ccc(C(NC(=O)Cn2cnccc2=O)C(=O)Nc2ccc([Si](C)(C)C)c(F)c2)cc1. The molecule has 2 aromatic carbocycles. The summed E-state index contributed by atoms with van der Waals surface area (Å²) < 4.78 is 20.9. The van der Waals surface area contributed by atoms with Crippen LogP contribution in [-0.4, -0.2) is 36.5 Å². The number of aromatic nitrogens is 2. The zero-order chi connectivity index (χ0) is 25.6. The lowest BCUT2D eigenvalue weighted by atomic mass is 10.0. The minimum Gasteiger partial charge on any atom is -0.380 e. The van der Waals surface area contributed by atoms with E-state index in [0.29, 0.717) is 17.4 Å². The number of nitrogens with one attached hydrogen (secondary N) is 2. The van der Waals surface area contributed by atoms with Gasteiger partial charge in [-0.25, -0.2) is 9.37 Å². The van der Waals surface area contributed by atoms with Gasteiger partial charge in [0.1, 0.15) is 18.4 Å². The first-order chi connectivity index (χ1) is 16.6. The molecule has 0 aliphatic heterocycles. The molecule has 8 nitrogen and oxygen atoms in total. The summed E-state index contributed by atoms with van der Waals surface area (Å²) in [6.45, 7) is 6.20. The number of anilines is 1. The van der Waals surface area contributed by atoms with E-state index in [2.05, 4.69) is 15.6 Å². The van der Waals surface area contributed by atoms with E-state index in [4.69, 9.17) is 4.74 Å². The zero-order valence-corrected chi connectivity index (χ0v) is 21.2. The van der Waals surface area contributed by atoms with Gasteiger partial charge in [0.2, 0.25) is 5.91 Å². The number of methoxy groups -OCH3 is 1. The van der Waals surface area contributed by atoms with Crippen LogP contribution in [0.15, 0.2) is 65.8 Å². The number of amides is 2. The Labute approximate surface area is 204 Å². The smallest absolute Gasteiger partial charge is 0.253 e. The number of halogens is 1. The Morgan fingerprint density at radius 3 is 2.43 bits per heavy atom. The third-order valence-electron chi connectivity index (χ3n) is 5.34. The molecule has 0 radical (unpaired) electrons. The van der Waals surface area contributed by atoms with Gasteiger partial charge in [0.15, 0.2) is 0 Å². The number of hydrogen-bond donors (Lipinski definition) is 2. The molecule has 0 aliphatic rings. The van der Waals surface area contributed by atoms with E-state index in [1.807, 2.05) is 19.6 Å². The number of hydrogen-bond acceptors (Lipinski definition) is 5. The fourth-order valence-electron chi connectivity index (χ4n) is 3.55. The molecule has 0 saturated carbocycles. The molecular weight excluding hydrogens is 467 g/mol. The maximum Gasteiger partial charge on any atom is 0.253 e. The molecule has 2 N–H and O–H groups in total. The lowest BCUT2D eigenvalue weighted by Crippen LogP contribution is -2.41. The Bertz CT molecular complexity index is 1260. The van der Waals surface area contributed by atoms with Gasteiger partial charge in [-0.2, -0.15) is 0 Å². The maximum absolute atomic E-state index is 14.7. The zero-order valence-electron chi connectivity index (χ0n) is 20.2. The molecule has 3 rings (SSSR count). The van der Waals surface area contributed by atoms with E-state index < -0.39 is 31.5 Å². The molecule has 35 heavy (non-hydrogen) atoms. The second kappa shape index (κ2) is 11.2. The number of carbonyl (C=O) groups excluding carboxylic acids is 2. The van der Waals surface area contributed by atoms with Crippen LogP contribution in [0.3, 0.4) is 0 Å². The van der Waals surface area contributed by atoms with Gasteiger partial charge in [0.05, 0.1) is 21.0 Å². The van der Waals surface area contributed by atoms with Gasteiger partial charge in [0, 0.05) is 25.1 Å². The van der Waals surface area contributed by atoms with Crippen LogP contribution in [0.25, 0.3) is 0 Å². The summed E-state index contributed by atoms with van der Waals surface area (Å²) in [6, 6.07) is 11.8. The van der Waals surface area contributed by atoms with Crippen LogP contribution in [0, 0.1) is 5.82 Å². The van der Waals surface area contributed by atoms with Crippen LogP contribution < -0.4 is 21.4 Å². The van der Waals surface area contributed by atoms with Crippen molar-refractivity contribution in [1.29, 1.82) is 0 Å². The molecule has 0 spiro atoms. The van der Waals surface area contributed by atoms with E-state index in [0.717, 1.165) is 10.1 Å². The molecule has 10 heteroatoms. The van der Waals surface area contributed by atoms with E-state index in [1.54, 1.807) is 43.5 Å². The van der Waals surface area contributed by atoms with E-state index in [-0.39, 0.29) is 18.0 Å². The van der Waals surface area contributed by atoms with Crippen molar-refractivity contribution in [2.45, 2.75) is 38.8 Å². The Balaban J connectivity index is 1.85. The second-order valence-corrected chi connectivity index (χ2v) is 14.2. The Kier molecular flexibility index (Phi) is 8.31. The molecule has 0 bridgehead atoms. The summed E-state index contributed by atoms with van der Waals surface area (Å²) in [5.74, 6) is -1.47. The fourth-order valence-corrected chi connectivity index (χ4v) is 4.92. The largest absolute Gasteiger partial charge is 0.380 e. The summed E-state index contributed by atoms with van der Waals surface area (Å²) in [4.78, 5) is 41.7. The Morgan fingerprint density at radius 2 is 1.83 bits per heavy atom. The van der Waals surface area contributed by atoms with Gasteiger partial charge in [-0.1, -0.05) is 50.0 Å². The van der Waals surface area contributed by atoms with Gasteiger partial charge < -0.3 is 15.4 Å². The summed E-state index contributed by atoms with van der Waals surface area (Å²) in [6.07, 6.45) is 2.58. The van der Waals surface area contributed by atoms with Crippen LogP contribution in [0.5, 0.6) is 0 Å². The van der Waals surface area contributed by atoms with Gasteiger partial charge in [-0.3, -0.25) is 19.0 Å². The van der Waals surface area contributed by atoms with Crippen molar-refractivity contribution in [3.05, 3.63) is 88.4 Å². The molecule has 0 saturated heterocycles. The van der Waals surface area contributed by atoms with Crippen molar-refractivity contribution in [3.63, 3.8) is 0 Å². The minimum atomic E-state index is -1.88. The van der Waals surface area contributed by atoms with E-state index in [9.17, 15) is 18.8 Å². The molecule has 2 amide bonds. The number of carbonyl (C=O) groups is 2. The first kappa shape index (κ1) is 26.0. The number of ether oxygens (including phenoxy) is 1. The van der Waals surface area contributed by atoms with Crippen molar-refractivity contribution in [2.24, 2.45) is 0 Å². The van der Waals surface area contributed by atoms with Crippen LogP contribution in [0.2, 0.25) is 19.6 Å². The molecule has 0 aliphatic carbocycles. The van der Waals surface area contributed by atoms with Crippen molar-refractivity contribution in [2.75, 3.05) is 12.4 Å². The highest BCUT2D eigenvalue weighted by Gasteiger charge is 2.25. The highest BCUT2D eigenvalue weighted by Crippen LogP contribution is 2.19. The van der Waals surface area contributed by atoms with E-state index >= 15 is 0 Å². The van der Waals surface area contributed by atoms with Gasteiger partial charge in [-0.05, 0) is 28.4 Å². The van der Waals surface area contributed by atoms with Gasteiger partial charge in [0.25, 0.3) is 11.5 Å². The molecule has 1 atom stereocenters. The second-order valence-electron chi connectivity index (χ2n) is 9.16. The summed E-state index contributed by atoms with van der Waals surface area (Å²) >= 11 is 0. The predicted octanol–water partition coefficient (Wildman–Crippen LogP) is 2.57. The monoisotopic (exact) mass is 496 g/mol. The number of rotatable bonds is 9. The van der Waals surface area contributed by atoms with Gasteiger partial charge in [-0.15, -0.1) is 0 Å². The average molecular weight is 497 g/mol.